The molecule has 0 spiro atoms. The van der Waals surface area contributed by atoms with Crippen LogP contribution in [0.15, 0.2) is 0 Å². The normalized spacial score (nSPS) is 11.5. The Bertz CT molecular complexity index is 98.3. The molecule has 2 nitrogen and oxygen atoms in total. The summed E-state index contributed by atoms with van der Waals surface area (Å²) in [5.41, 5.74) is 5.51. The van der Waals surface area contributed by atoms with E-state index in [1.54, 1.807) is 0 Å². The summed E-state index contributed by atoms with van der Waals surface area (Å²) in [6.45, 7) is 7.57. The van der Waals surface area contributed by atoms with Gasteiger partial charge in [0.2, 0.25) is 0 Å². The number of nitrogens with two attached hydrogens (primary N) is 1. The highest BCUT2D eigenvalue weighted by atomic mass is 15.1. The molecule has 0 unspecified atom stereocenters. The lowest BCUT2D eigenvalue weighted by molar-refractivity contribution is 0.261. The smallest absolute Gasteiger partial charge is 0.0102 e. The third-order valence-electron chi connectivity index (χ3n) is 2.47. The molecule has 0 aliphatic heterocycles. The highest BCUT2D eigenvalue weighted by Crippen LogP contribution is 2.14. The van der Waals surface area contributed by atoms with Gasteiger partial charge in [0.15, 0.2) is 0 Å². The molecule has 0 saturated heterocycles. The van der Waals surface area contributed by atoms with Crippen molar-refractivity contribution < 1.29 is 0 Å². The predicted molar refractivity (Wildman–Crippen MR) is 59.9 cm³/mol. The molecular weight excluding hydrogens is 160 g/mol. The van der Waals surface area contributed by atoms with E-state index in [2.05, 4.69) is 25.8 Å². The first kappa shape index (κ1) is 12.9. The van der Waals surface area contributed by atoms with E-state index in [1.807, 2.05) is 0 Å². The van der Waals surface area contributed by atoms with E-state index >= 15 is 0 Å². The van der Waals surface area contributed by atoms with E-state index in [0.717, 1.165) is 19.0 Å². The third kappa shape index (κ3) is 7.03. The molecule has 13 heavy (non-hydrogen) atoms. The molecule has 2 heteroatoms. The van der Waals surface area contributed by atoms with Crippen molar-refractivity contribution in [2.75, 3.05) is 26.7 Å². The van der Waals surface area contributed by atoms with Crippen molar-refractivity contribution in [3.05, 3.63) is 0 Å². The SMILES string of the molecule is CCCC(CCC)CN(C)CCN. The lowest BCUT2D eigenvalue weighted by Gasteiger charge is -2.22. The van der Waals surface area contributed by atoms with Crippen LogP contribution < -0.4 is 5.73 Å². The minimum atomic E-state index is 0.779. The highest BCUT2D eigenvalue weighted by molar-refractivity contribution is 4.63. The number of nitrogens with zero attached hydrogens (tertiary/aromatic N) is 1. The van der Waals surface area contributed by atoms with Crippen molar-refractivity contribution in [1.82, 2.24) is 4.90 Å². The average molecular weight is 186 g/mol. The van der Waals surface area contributed by atoms with Crippen molar-refractivity contribution in [2.45, 2.75) is 39.5 Å². The average Bonchev–Trinajstić information content (AvgIpc) is 2.05. The van der Waals surface area contributed by atoms with E-state index in [1.165, 1.54) is 32.2 Å². The molecule has 0 fully saturated rings. The number of hydrogen-bond acceptors (Lipinski definition) is 2. The Kier molecular flexibility index (Phi) is 8.46. The minimum Gasteiger partial charge on any atom is -0.329 e. The molecule has 0 radical (unpaired) electrons. The topological polar surface area (TPSA) is 29.3 Å². The Morgan fingerprint density at radius 3 is 2.08 bits per heavy atom. The molecule has 0 bridgehead atoms. The molecule has 0 aliphatic carbocycles. The van der Waals surface area contributed by atoms with E-state index in [0.29, 0.717) is 0 Å². The molecule has 0 aromatic heterocycles. The quantitative estimate of drug-likeness (QED) is 0.629. The van der Waals surface area contributed by atoms with Gasteiger partial charge in [-0.3, -0.25) is 0 Å². The van der Waals surface area contributed by atoms with Gasteiger partial charge in [-0.15, -0.1) is 0 Å². The summed E-state index contributed by atoms with van der Waals surface area (Å²) >= 11 is 0. The second-order valence-electron chi connectivity index (χ2n) is 3.99. The van der Waals surface area contributed by atoms with E-state index < -0.39 is 0 Å². The van der Waals surface area contributed by atoms with Gasteiger partial charge >= 0.3 is 0 Å². The number of rotatable bonds is 8. The van der Waals surface area contributed by atoms with Gasteiger partial charge in [0, 0.05) is 19.6 Å². The summed E-state index contributed by atoms with van der Waals surface area (Å²) in [6, 6.07) is 0. The van der Waals surface area contributed by atoms with Crippen molar-refractivity contribution >= 4 is 0 Å². The maximum atomic E-state index is 5.51. The van der Waals surface area contributed by atoms with Gasteiger partial charge in [0.05, 0.1) is 0 Å². The zero-order valence-electron chi connectivity index (χ0n) is 9.55. The van der Waals surface area contributed by atoms with E-state index in [-0.39, 0.29) is 0 Å². The fraction of sp³-hybridized carbons (Fsp3) is 1.00. The van der Waals surface area contributed by atoms with Crippen LogP contribution in [0.2, 0.25) is 0 Å². The molecule has 0 aliphatic rings. The van der Waals surface area contributed by atoms with Crippen LogP contribution in [0.3, 0.4) is 0 Å². The lowest BCUT2D eigenvalue weighted by Crippen LogP contribution is -2.30. The first-order valence-corrected chi connectivity index (χ1v) is 5.63. The fourth-order valence-electron chi connectivity index (χ4n) is 1.90. The van der Waals surface area contributed by atoms with E-state index in [9.17, 15) is 0 Å². The Labute approximate surface area is 83.5 Å². The maximum absolute atomic E-state index is 5.51. The van der Waals surface area contributed by atoms with Crippen LogP contribution in [-0.4, -0.2) is 31.6 Å². The van der Waals surface area contributed by atoms with Gasteiger partial charge in [-0.05, 0) is 25.8 Å². The lowest BCUT2D eigenvalue weighted by atomic mass is 9.98. The fourth-order valence-corrected chi connectivity index (χ4v) is 1.90. The standard InChI is InChI=1S/C11H26N2/c1-4-6-11(7-5-2)10-13(3)9-8-12/h11H,4-10,12H2,1-3H3. The molecule has 0 aromatic carbocycles. The van der Waals surface area contributed by atoms with Crippen molar-refractivity contribution in [2.24, 2.45) is 11.7 Å². The largest absolute Gasteiger partial charge is 0.329 e. The first-order chi connectivity index (χ1) is 6.24. The van der Waals surface area contributed by atoms with Crippen LogP contribution in [-0.2, 0) is 0 Å². The minimum absolute atomic E-state index is 0.779. The third-order valence-corrected chi connectivity index (χ3v) is 2.47. The van der Waals surface area contributed by atoms with Crippen LogP contribution in [0, 0.1) is 5.92 Å². The molecule has 0 heterocycles. The second-order valence-corrected chi connectivity index (χ2v) is 3.99. The first-order valence-electron chi connectivity index (χ1n) is 5.63. The molecule has 2 N–H and O–H groups in total. The van der Waals surface area contributed by atoms with Crippen LogP contribution in [0.4, 0.5) is 0 Å². The summed E-state index contributed by atoms with van der Waals surface area (Å²) in [6.07, 6.45) is 5.34. The summed E-state index contributed by atoms with van der Waals surface area (Å²) in [5, 5.41) is 0. The summed E-state index contributed by atoms with van der Waals surface area (Å²) in [5.74, 6) is 0.881. The summed E-state index contributed by atoms with van der Waals surface area (Å²) in [7, 11) is 2.17. The Morgan fingerprint density at radius 2 is 1.69 bits per heavy atom. The predicted octanol–water partition coefficient (Wildman–Crippen LogP) is 2.09. The number of likely N-dealkylation sites (N-methyl/N-ethyl adjacent to an activating group) is 1. The molecule has 0 saturated carbocycles. The van der Waals surface area contributed by atoms with Crippen LogP contribution in [0.25, 0.3) is 0 Å². The molecular formula is C11H26N2. The monoisotopic (exact) mass is 186 g/mol. The summed E-state index contributed by atoms with van der Waals surface area (Å²) < 4.78 is 0. The van der Waals surface area contributed by atoms with Gasteiger partial charge < -0.3 is 10.6 Å². The second kappa shape index (κ2) is 8.52. The van der Waals surface area contributed by atoms with Gasteiger partial charge in [-0.2, -0.15) is 0 Å². The van der Waals surface area contributed by atoms with Crippen LogP contribution in [0.5, 0.6) is 0 Å². The van der Waals surface area contributed by atoms with Gasteiger partial charge in [-0.1, -0.05) is 26.7 Å². The Hall–Kier alpha value is -0.0800. The van der Waals surface area contributed by atoms with Crippen molar-refractivity contribution in [3.63, 3.8) is 0 Å². The van der Waals surface area contributed by atoms with Crippen molar-refractivity contribution in [1.29, 1.82) is 0 Å². The molecule has 0 rings (SSSR count). The molecule has 0 amide bonds. The zero-order valence-corrected chi connectivity index (χ0v) is 9.55. The van der Waals surface area contributed by atoms with Gasteiger partial charge in [-0.25, -0.2) is 0 Å². The molecule has 0 atom stereocenters. The van der Waals surface area contributed by atoms with Gasteiger partial charge in [0.25, 0.3) is 0 Å². The zero-order chi connectivity index (χ0) is 10.1. The molecule has 80 valence electrons. The number of hydrogen-bond donors (Lipinski definition) is 1. The van der Waals surface area contributed by atoms with Crippen LogP contribution in [0.1, 0.15) is 39.5 Å². The maximum Gasteiger partial charge on any atom is 0.0102 e. The Balaban J connectivity index is 3.64. The highest BCUT2D eigenvalue weighted by Gasteiger charge is 2.08. The van der Waals surface area contributed by atoms with Crippen LogP contribution >= 0.6 is 0 Å². The van der Waals surface area contributed by atoms with Crippen molar-refractivity contribution in [3.8, 4) is 0 Å². The summed E-state index contributed by atoms with van der Waals surface area (Å²) in [4.78, 5) is 2.36. The Morgan fingerprint density at radius 1 is 1.15 bits per heavy atom. The van der Waals surface area contributed by atoms with E-state index in [4.69, 9.17) is 5.73 Å². The molecule has 0 aromatic rings. The van der Waals surface area contributed by atoms with Gasteiger partial charge in [0.1, 0.15) is 0 Å².